The van der Waals surface area contributed by atoms with E-state index in [1.165, 1.54) is 52.2 Å². The molecule has 0 unspecified atom stereocenters. The number of ether oxygens (including phenoxy) is 1. The van der Waals surface area contributed by atoms with Gasteiger partial charge in [0, 0.05) is 23.2 Å². The third kappa shape index (κ3) is 8.07. The van der Waals surface area contributed by atoms with Gasteiger partial charge in [0.15, 0.2) is 10.6 Å². The fourth-order valence-corrected chi connectivity index (χ4v) is 5.80. The van der Waals surface area contributed by atoms with E-state index in [0.29, 0.717) is 29.3 Å². The highest BCUT2D eigenvalue weighted by atomic mass is 32.1. The molecule has 2 aromatic heterocycles. The van der Waals surface area contributed by atoms with Crippen LogP contribution in [0.15, 0.2) is 89.5 Å². The Kier molecular flexibility index (Phi) is 9.24. The zero-order chi connectivity index (χ0) is 32.2. The molecule has 0 aliphatic rings. The van der Waals surface area contributed by atoms with E-state index >= 15 is 0 Å². The highest BCUT2D eigenvalue weighted by molar-refractivity contribution is 7.07. The number of hydrogen-bond donors (Lipinski definition) is 1. The summed E-state index contributed by atoms with van der Waals surface area (Å²) in [6.45, 7) is 8.72. The second-order valence-corrected chi connectivity index (χ2v) is 12.2. The molecule has 0 atom stereocenters. The number of amides is 2. The quantitative estimate of drug-likeness (QED) is 0.183. The maximum Gasteiger partial charge on any atom is 0.573 e. The summed E-state index contributed by atoms with van der Waals surface area (Å²) in [6, 6.07) is 21.0. The molecule has 0 bridgehead atoms. The highest BCUT2D eigenvalue weighted by Crippen LogP contribution is 2.26. The summed E-state index contributed by atoms with van der Waals surface area (Å²) in [5.41, 5.74) is 5.41. The van der Waals surface area contributed by atoms with E-state index in [1.54, 1.807) is 0 Å². The molecule has 45 heavy (non-hydrogen) atoms. The molecule has 12 heteroatoms. The monoisotopic (exact) mass is 634 g/mol. The van der Waals surface area contributed by atoms with Gasteiger partial charge in [-0.15, -0.1) is 29.6 Å². The molecule has 5 rings (SSSR count). The van der Waals surface area contributed by atoms with Crippen molar-refractivity contribution in [1.29, 1.82) is 0 Å². The Balaban J connectivity index is 1.20. The topological polar surface area (TPSA) is 86.3 Å². The van der Waals surface area contributed by atoms with Gasteiger partial charge in [-0.2, -0.15) is 4.99 Å². The van der Waals surface area contributed by atoms with Crippen LogP contribution in [0.1, 0.15) is 37.6 Å². The van der Waals surface area contributed by atoms with Crippen molar-refractivity contribution in [2.24, 2.45) is 10.4 Å². The van der Waals surface area contributed by atoms with Gasteiger partial charge < -0.3 is 10.1 Å². The molecule has 0 aliphatic carbocycles. The molecule has 0 aliphatic heterocycles. The number of thiazole rings is 1. The summed E-state index contributed by atoms with van der Waals surface area (Å²) in [5, 5.41) is 9.44. The largest absolute Gasteiger partial charge is 0.573 e. The lowest BCUT2D eigenvalue weighted by molar-refractivity contribution is -0.274. The lowest BCUT2D eigenvalue weighted by atomic mass is 9.85. The second-order valence-electron chi connectivity index (χ2n) is 11.3. The molecule has 8 nitrogen and oxygen atoms in total. The Morgan fingerprint density at radius 3 is 2.42 bits per heavy atom. The van der Waals surface area contributed by atoms with Crippen LogP contribution >= 0.6 is 11.3 Å². The fourth-order valence-electron chi connectivity index (χ4n) is 4.94. The number of carbonyl (C=O) groups excluding carboxylic acids is 1. The normalized spacial score (nSPS) is 12.4. The van der Waals surface area contributed by atoms with Crippen molar-refractivity contribution in [3.05, 3.63) is 106 Å². The molecule has 234 valence electrons. The Bertz CT molecular complexity index is 1840. The zero-order valence-electron chi connectivity index (χ0n) is 25.3. The van der Waals surface area contributed by atoms with Crippen LogP contribution in [-0.4, -0.2) is 38.3 Å². The summed E-state index contributed by atoms with van der Waals surface area (Å²) in [6.07, 6.45) is -1.66. The number of rotatable bonds is 9. The Hall–Kier alpha value is -4.71. The van der Waals surface area contributed by atoms with Crippen molar-refractivity contribution in [2.75, 3.05) is 6.54 Å². The Morgan fingerprint density at radius 2 is 1.73 bits per heavy atom. The molecule has 0 fully saturated rings. The average molecular weight is 635 g/mol. The van der Waals surface area contributed by atoms with Gasteiger partial charge in [-0.05, 0) is 66.6 Å². The Morgan fingerprint density at radius 1 is 1.02 bits per heavy atom. The van der Waals surface area contributed by atoms with Crippen LogP contribution in [0, 0.1) is 12.3 Å². The van der Waals surface area contributed by atoms with Crippen LogP contribution in [0.2, 0.25) is 0 Å². The van der Waals surface area contributed by atoms with Crippen molar-refractivity contribution in [3.63, 3.8) is 0 Å². The molecule has 3 aromatic carbocycles. The van der Waals surface area contributed by atoms with Crippen LogP contribution in [0.5, 0.6) is 5.75 Å². The summed E-state index contributed by atoms with van der Waals surface area (Å²) < 4.78 is 44.7. The Labute approximate surface area is 262 Å². The number of nitrogens with one attached hydrogen (secondary N) is 1. The van der Waals surface area contributed by atoms with Gasteiger partial charge in [-0.1, -0.05) is 63.2 Å². The fraction of sp³-hybridized carbons (Fsp3) is 0.273. The molecule has 1 N–H and O–H groups in total. The third-order valence-electron chi connectivity index (χ3n) is 7.13. The number of aromatic nitrogens is 4. The third-order valence-corrected chi connectivity index (χ3v) is 8.07. The molecule has 2 heterocycles. The molecule has 0 spiro atoms. The lowest BCUT2D eigenvalue weighted by Gasteiger charge is -2.24. The van der Waals surface area contributed by atoms with Crippen molar-refractivity contribution in [1.82, 2.24) is 24.6 Å². The maximum atomic E-state index is 12.9. The van der Waals surface area contributed by atoms with Crippen LogP contribution in [-0.2, 0) is 12.8 Å². The number of nitrogens with zero attached hydrogens (tertiary/aromatic N) is 5. The van der Waals surface area contributed by atoms with Gasteiger partial charge in [-0.25, -0.2) is 14.5 Å². The first-order valence-corrected chi connectivity index (χ1v) is 15.2. The number of carbonyl (C=O) groups is 1. The maximum absolute atomic E-state index is 12.9. The average Bonchev–Trinajstić information content (AvgIpc) is 3.63. The van der Waals surface area contributed by atoms with E-state index in [0.717, 1.165) is 28.9 Å². The SMILES string of the molecule is CCc1ccccc1-n1c(C)csc1=NC(=O)NCC(C)(C)Cc1ccc(-c2ncn(-c3ccc(OC(F)(F)F)cc3)n2)cc1. The van der Waals surface area contributed by atoms with E-state index in [9.17, 15) is 18.0 Å². The number of aryl methyl sites for hydroxylation is 2. The smallest absolute Gasteiger partial charge is 0.406 e. The van der Waals surface area contributed by atoms with Crippen LogP contribution < -0.4 is 14.9 Å². The highest BCUT2D eigenvalue weighted by Gasteiger charge is 2.31. The lowest BCUT2D eigenvalue weighted by Crippen LogP contribution is -2.34. The van der Waals surface area contributed by atoms with E-state index in [4.69, 9.17) is 0 Å². The number of urea groups is 1. The van der Waals surface area contributed by atoms with E-state index in [1.807, 2.05) is 59.3 Å². The zero-order valence-corrected chi connectivity index (χ0v) is 26.1. The van der Waals surface area contributed by atoms with Gasteiger partial charge in [0.2, 0.25) is 0 Å². The predicted octanol–water partition coefficient (Wildman–Crippen LogP) is 7.44. The van der Waals surface area contributed by atoms with Crippen LogP contribution in [0.4, 0.5) is 18.0 Å². The number of halogens is 3. The molecular weight excluding hydrogens is 601 g/mol. The minimum atomic E-state index is -4.75. The molecular formula is C33H33F3N6O2S. The van der Waals surface area contributed by atoms with Crippen LogP contribution in [0.3, 0.4) is 0 Å². The minimum absolute atomic E-state index is 0.245. The first kappa shape index (κ1) is 31.7. The summed E-state index contributed by atoms with van der Waals surface area (Å²) >= 11 is 1.44. The molecule has 0 saturated carbocycles. The van der Waals surface area contributed by atoms with Gasteiger partial charge in [0.05, 0.1) is 11.4 Å². The first-order chi connectivity index (χ1) is 21.4. The minimum Gasteiger partial charge on any atom is -0.406 e. The van der Waals surface area contributed by atoms with E-state index in [-0.39, 0.29) is 17.2 Å². The number of alkyl halides is 3. The summed E-state index contributed by atoms with van der Waals surface area (Å²) in [7, 11) is 0. The molecule has 5 aromatic rings. The molecule has 2 amide bonds. The predicted molar refractivity (Wildman–Crippen MR) is 168 cm³/mol. The van der Waals surface area contributed by atoms with Crippen molar-refractivity contribution in [3.8, 4) is 28.5 Å². The summed E-state index contributed by atoms with van der Waals surface area (Å²) in [4.78, 5) is 22.3. The van der Waals surface area contributed by atoms with Gasteiger partial charge in [-0.3, -0.25) is 4.57 Å². The first-order valence-electron chi connectivity index (χ1n) is 14.4. The van der Waals surface area contributed by atoms with Crippen molar-refractivity contribution >= 4 is 17.4 Å². The van der Waals surface area contributed by atoms with Gasteiger partial charge in [0.1, 0.15) is 12.1 Å². The van der Waals surface area contributed by atoms with Crippen molar-refractivity contribution < 1.29 is 22.7 Å². The molecule has 0 radical (unpaired) electrons. The van der Waals surface area contributed by atoms with Crippen LogP contribution in [0.25, 0.3) is 22.8 Å². The number of para-hydroxylation sites is 1. The van der Waals surface area contributed by atoms with Crippen molar-refractivity contribution in [2.45, 2.75) is 46.9 Å². The standard InChI is InChI=1S/C33H33F3N6O2S/c1-5-24-8-6-7-9-28(24)42-22(2)19-45-31(42)39-30(43)37-20-32(3,4)18-23-10-12-25(13-11-23)29-38-21-41(40-29)26-14-16-27(17-15-26)44-33(34,35)36/h6-17,19,21H,5,18,20H2,1-4H3,(H,37,43). The van der Waals surface area contributed by atoms with E-state index in [2.05, 4.69) is 52.0 Å². The number of benzene rings is 3. The number of hydrogen-bond acceptors (Lipinski definition) is 5. The summed E-state index contributed by atoms with van der Waals surface area (Å²) in [5.74, 6) is 0.172. The van der Waals surface area contributed by atoms with Gasteiger partial charge in [0.25, 0.3) is 0 Å². The second kappa shape index (κ2) is 13.1. The van der Waals surface area contributed by atoms with E-state index < -0.39 is 6.36 Å². The molecule has 0 saturated heterocycles. The van der Waals surface area contributed by atoms with Gasteiger partial charge >= 0.3 is 12.4 Å².